The number of imidazole rings is 1. The molecule has 0 bridgehead atoms. The van der Waals surface area contributed by atoms with E-state index in [2.05, 4.69) is 32.6 Å². The summed E-state index contributed by atoms with van der Waals surface area (Å²) >= 11 is 1.64. The molecular formula is C47H45F3N8O5S. The zero-order valence-electron chi connectivity index (χ0n) is 35.0. The summed E-state index contributed by atoms with van der Waals surface area (Å²) < 4.78 is 44.8. The van der Waals surface area contributed by atoms with Gasteiger partial charge in [0.2, 0.25) is 17.7 Å². The van der Waals surface area contributed by atoms with E-state index in [1.165, 1.54) is 12.1 Å². The number of benzene rings is 3. The average molecular weight is 891 g/mol. The molecule has 8 rings (SSSR count). The van der Waals surface area contributed by atoms with Crippen molar-refractivity contribution in [3.05, 3.63) is 124 Å². The van der Waals surface area contributed by atoms with Gasteiger partial charge in [-0.05, 0) is 103 Å². The maximum Gasteiger partial charge on any atom is 0.416 e. The highest BCUT2D eigenvalue weighted by Gasteiger charge is 2.40. The van der Waals surface area contributed by atoms with Crippen LogP contribution in [0.5, 0.6) is 0 Å². The average Bonchev–Trinajstić information content (AvgIpc) is 3.85. The Morgan fingerprint density at radius 2 is 1.78 bits per heavy atom. The molecule has 0 aliphatic carbocycles. The second-order valence-electron chi connectivity index (χ2n) is 16.0. The Hall–Kier alpha value is -6.51. The standard InChI is InChI=1S/C47H45F3N8O5S/c1-30-11-12-32(25-31(30)14-16-35-27-51-41-9-6-19-52-58(35)41)44(61)53-34-15-13-33(38(26-34)47(48,49)50)28-55-20-22-56(23-21-55)43(60)10-3-2-4-24-64-40-8-5-7-36-37(40)29-57(46(36)63)39-17-18-42(59)54-45(39)62/h5-9,11-13,15,19,25-27,39H,2-4,10,17-18,20-24,28-29H2,1H3,(H,53,61)(H,54,59,62). The van der Waals surface area contributed by atoms with Crippen LogP contribution in [0.25, 0.3) is 5.65 Å². The van der Waals surface area contributed by atoms with Crippen molar-refractivity contribution >= 4 is 52.6 Å². The molecule has 5 amide bonds. The largest absolute Gasteiger partial charge is 0.416 e. The van der Waals surface area contributed by atoms with Gasteiger partial charge in [0.1, 0.15) is 11.7 Å². The van der Waals surface area contributed by atoms with Gasteiger partial charge in [-0.1, -0.05) is 30.5 Å². The third-order valence-corrected chi connectivity index (χ3v) is 12.9. The smallest absolute Gasteiger partial charge is 0.340 e. The fourth-order valence-electron chi connectivity index (χ4n) is 8.19. The molecule has 3 aliphatic rings. The number of thioether (sulfide) groups is 1. The molecule has 330 valence electrons. The lowest BCUT2D eigenvalue weighted by molar-refractivity contribution is -0.139. The summed E-state index contributed by atoms with van der Waals surface area (Å²) in [5.41, 5.74) is 3.57. The molecule has 5 heterocycles. The number of nitrogens with one attached hydrogen (secondary N) is 2. The van der Waals surface area contributed by atoms with Crippen LogP contribution in [0.15, 0.2) is 84.0 Å². The lowest BCUT2D eigenvalue weighted by Gasteiger charge is -2.35. The molecule has 3 aliphatic heterocycles. The summed E-state index contributed by atoms with van der Waals surface area (Å²) in [6.07, 6.45) is 1.84. The molecule has 17 heteroatoms. The summed E-state index contributed by atoms with van der Waals surface area (Å²) in [6, 6.07) is 17.2. The van der Waals surface area contributed by atoms with E-state index in [-0.39, 0.29) is 47.5 Å². The normalized spacial score (nSPS) is 16.7. The van der Waals surface area contributed by atoms with Crippen molar-refractivity contribution in [3.63, 3.8) is 0 Å². The van der Waals surface area contributed by atoms with Crippen molar-refractivity contribution in [2.24, 2.45) is 0 Å². The van der Waals surface area contributed by atoms with E-state index in [0.29, 0.717) is 74.5 Å². The molecule has 0 saturated carbocycles. The molecule has 5 aromatic rings. The highest BCUT2D eigenvalue weighted by atomic mass is 32.2. The van der Waals surface area contributed by atoms with Crippen molar-refractivity contribution in [2.75, 3.05) is 37.2 Å². The number of hydrogen-bond acceptors (Lipinski definition) is 9. The SMILES string of the molecule is Cc1ccc(C(=O)Nc2ccc(CN3CCN(C(=O)CCCCCSc4cccc5c4CN(C4CCC(=O)NC4=O)C5=O)CC3)c(C(F)(F)F)c2)cc1C#Cc1cnc2cccnn12. The number of rotatable bonds is 12. The zero-order valence-corrected chi connectivity index (χ0v) is 35.9. The summed E-state index contributed by atoms with van der Waals surface area (Å²) in [7, 11) is 0. The quantitative estimate of drug-likeness (QED) is 0.0623. The van der Waals surface area contributed by atoms with Gasteiger partial charge in [-0.2, -0.15) is 18.3 Å². The lowest BCUT2D eigenvalue weighted by atomic mass is 10.0. The number of fused-ring (bicyclic) bond motifs is 2. The first-order valence-electron chi connectivity index (χ1n) is 21.1. The number of alkyl halides is 3. The van der Waals surface area contributed by atoms with Gasteiger partial charge in [-0.3, -0.25) is 34.2 Å². The highest BCUT2D eigenvalue weighted by Crippen LogP contribution is 2.36. The third-order valence-electron chi connectivity index (χ3n) is 11.7. The van der Waals surface area contributed by atoms with Crippen LogP contribution in [0.3, 0.4) is 0 Å². The Bertz CT molecular complexity index is 2700. The van der Waals surface area contributed by atoms with Crippen LogP contribution in [-0.4, -0.2) is 96.8 Å². The molecular weight excluding hydrogens is 846 g/mol. The van der Waals surface area contributed by atoms with E-state index in [0.717, 1.165) is 40.7 Å². The maximum absolute atomic E-state index is 14.4. The number of piperazine rings is 1. The predicted molar refractivity (Wildman–Crippen MR) is 233 cm³/mol. The van der Waals surface area contributed by atoms with Crippen LogP contribution < -0.4 is 10.6 Å². The Morgan fingerprint density at radius 3 is 2.58 bits per heavy atom. The molecule has 1 atom stereocenters. The Kier molecular flexibility index (Phi) is 13.1. The molecule has 1 unspecified atom stereocenters. The molecule has 0 radical (unpaired) electrons. The number of carbonyl (C=O) groups is 5. The first-order chi connectivity index (χ1) is 30.8. The van der Waals surface area contributed by atoms with Crippen LogP contribution in [0.4, 0.5) is 18.9 Å². The number of nitrogens with zero attached hydrogens (tertiary/aromatic N) is 6. The number of imide groups is 1. The van der Waals surface area contributed by atoms with E-state index in [1.54, 1.807) is 74.9 Å². The molecule has 13 nitrogen and oxygen atoms in total. The first kappa shape index (κ1) is 44.1. The number of carbonyl (C=O) groups excluding carboxylic acids is 5. The van der Waals surface area contributed by atoms with E-state index in [9.17, 15) is 37.1 Å². The topological polar surface area (TPSA) is 149 Å². The van der Waals surface area contributed by atoms with Crippen LogP contribution in [0, 0.1) is 18.8 Å². The van der Waals surface area contributed by atoms with Gasteiger partial charge >= 0.3 is 6.18 Å². The van der Waals surface area contributed by atoms with Gasteiger partial charge in [-0.25, -0.2) is 9.50 Å². The van der Waals surface area contributed by atoms with Crippen LogP contribution in [0.2, 0.25) is 0 Å². The number of aromatic nitrogens is 3. The summed E-state index contributed by atoms with van der Waals surface area (Å²) in [5, 5.41) is 9.20. The fourth-order valence-corrected chi connectivity index (χ4v) is 9.28. The van der Waals surface area contributed by atoms with Gasteiger partial charge in [0.05, 0.1) is 11.8 Å². The van der Waals surface area contributed by atoms with Gasteiger partial charge in [-0.15, -0.1) is 11.8 Å². The zero-order chi connectivity index (χ0) is 45.0. The van der Waals surface area contributed by atoms with Gasteiger partial charge < -0.3 is 15.1 Å². The van der Waals surface area contributed by atoms with Crippen molar-refractivity contribution in [1.82, 2.24) is 34.6 Å². The molecule has 64 heavy (non-hydrogen) atoms. The third kappa shape index (κ3) is 9.98. The van der Waals surface area contributed by atoms with Gasteiger partial charge in [0.15, 0.2) is 5.65 Å². The lowest BCUT2D eigenvalue weighted by Crippen LogP contribution is -2.52. The molecule has 2 fully saturated rings. The summed E-state index contributed by atoms with van der Waals surface area (Å²) in [5.74, 6) is 5.36. The maximum atomic E-state index is 14.4. The number of anilines is 1. The number of piperidine rings is 1. The van der Waals surface area contributed by atoms with Gasteiger partial charge in [0, 0.05) is 85.6 Å². The number of unbranched alkanes of at least 4 members (excludes halogenated alkanes) is 2. The molecule has 0 spiro atoms. The van der Waals surface area contributed by atoms with Crippen LogP contribution in [0.1, 0.15) is 92.8 Å². The molecule has 2 saturated heterocycles. The van der Waals surface area contributed by atoms with E-state index in [1.807, 2.05) is 24.0 Å². The van der Waals surface area contributed by atoms with Crippen LogP contribution in [-0.2, 0) is 33.6 Å². The van der Waals surface area contributed by atoms with E-state index in [4.69, 9.17) is 0 Å². The van der Waals surface area contributed by atoms with Crippen molar-refractivity contribution < 1.29 is 37.1 Å². The molecule has 3 aromatic carbocycles. The minimum atomic E-state index is -4.66. The van der Waals surface area contributed by atoms with Gasteiger partial charge in [0.25, 0.3) is 11.8 Å². The Labute approximate surface area is 371 Å². The highest BCUT2D eigenvalue weighted by molar-refractivity contribution is 7.99. The Balaban J connectivity index is 0.785. The molecule has 2 aromatic heterocycles. The van der Waals surface area contributed by atoms with Crippen molar-refractivity contribution in [3.8, 4) is 11.8 Å². The predicted octanol–water partition coefficient (Wildman–Crippen LogP) is 6.47. The number of amides is 5. The van der Waals surface area contributed by atoms with Crippen LogP contribution >= 0.6 is 11.8 Å². The number of halogens is 3. The Morgan fingerprint density at radius 1 is 0.953 bits per heavy atom. The monoisotopic (exact) mass is 890 g/mol. The second-order valence-corrected chi connectivity index (χ2v) is 17.2. The minimum Gasteiger partial charge on any atom is -0.340 e. The fraction of sp³-hybridized carbons (Fsp3) is 0.340. The number of hydrogen-bond donors (Lipinski definition) is 2. The van der Waals surface area contributed by atoms with E-state index >= 15 is 0 Å². The van der Waals surface area contributed by atoms with Crippen molar-refractivity contribution in [1.29, 1.82) is 0 Å². The second kappa shape index (κ2) is 19.1. The number of aryl methyl sites for hydroxylation is 1. The van der Waals surface area contributed by atoms with Crippen molar-refractivity contribution in [2.45, 2.75) is 75.7 Å². The minimum absolute atomic E-state index is 0.0125. The molecule has 2 N–H and O–H groups in total. The summed E-state index contributed by atoms with van der Waals surface area (Å²) in [6.45, 7) is 3.89. The summed E-state index contributed by atoms with van der Waals surface area (Å²) in [4.78, 5) is 74.0. The van der Waals surface area contributed by atoms with E-state index < -0.39 is 29.6 Å². The first-order valence-corrected chi connectivity index (χ1v) is 22.1.